The predicted molar refractivity (Wildman–Crippen MR) is 103 cm³/mol. The molecule has 0 radical (unpaired) electrons. The molecule has 1 rings (SSSR count). The van der Waals surface area contributed by atoms with Gasteiger partial charge in [0.05, 0.1) is 5.40 Å². The van der Waals surface area contributed by atoms with Crippen LogP contribution in [-0.2, 0) is 15.6 Å². The average Bonchev–Trinajstić information content (AvgIpc) is 2.50. The maximum Gasteiger partial charge on any atom is 1.00 e. The monoisotopic (exact) mass is 530 g/mol. The van der Waals surface area contributed by atoms with Gasteiger partial charge in [-0.1, -0.05) is 55.2 Å². The molecule has 30 heavy (non-hydrogen) atoms. The summed E-state index contributed by atoms with van der Waals surface area (Å²) < 4.78 is 22.1. The zero-order chi connectivity index (χ0) is 20.7. The quantitative estimate of drug-likeness (QED) is 0.183. The molecule has 1 aromatic rings. The second kappa shape index (κ2) is 19.1. The zero-order valence-electron chi connectivity index (χ0n) is 19.0. The van der Waals surface area contributed by atoms with E-state index in [0.29, 0.717) is 6.42 Å². The van der Waals surface area contributed by atoms with Gasteiger partial charge in [0, 0.05) is 0 Å². The van der Waals surface area contributed by atoms with Crippen molar-refractivity contribution < 1.29 is 183 Å². The van der Waals surface area contributed by atoms with E-state index in [4.69, 9.17) is 4.89 Å². The van der Waals surface area contributed by atoms with Gasteiger partial charge in [-0.25, -0.2) is 0 Å². The molecule has 152 valence electrons. The van der Waals surface area contributed by atoms with Gasteiger partial charge in [0.2, 0.25) is 0 Å². The fourth-order valence-corrected chi connectivity index (χ4v) is 5.15. The summed E-state index contributed by atoms with van der Waals surface area (Å²) in [7, 11) is -10.6. The Morgan fingerprint density at radius 2 is 1.57 bits per heavy atom. The van der Waals surface area contributed by atoms with Crippen molar-refractivity contribution in [3.05, 3.63) is 52.6 Å². The van der Waals surface area contributed by atoms with Gasteiger partial charge in [-0.15, -0.1) is 0 Å². The number of allylic oxidation sites excluding steroid dienone is 3. The SMILES string of the molecule is CC(C)=CCC/C(C)=C/c1ccc(CCCC(P(=O)([O-])[O-])P(=O)([O-])O)cc1.[K+].[K+].[K+]. The molecule has 0 aliphatic carbocycles. The van der Waals surface area contributed by atoms with Crippen LogP contribution in [0.15, 0.2) is 41.5 Å². The zero-order valence-corrected chi connectivity index (χ0v) is 30.1. The first-order valence-corrected chi connectivity index (χ1v) is 12.1. The van der Waals surface area contributed by atoms with E-state index in [2.05, 4.69) is 32.9 Å². The Balaban J connectivity index is -0.00000243. The van der Waals surface area contributed by atoms with Gasteiger partial charge in [0.15, 0.2) is 0 Å². The Bertz CT molecular complexity index is 743. The number of hydrogen-bond acceptors (Lipinski definition) is 5. The maximum absolute atomic E-state index is 11.1. The summed E-state index contributed by atoms with van der Waals surface area (Å²) in [6.07, 6.45) is 6.46. The van der Waals surface area contributed by atoms with Crippen LogP contribution in [0.25, 0.3) is 6.08 Å². The minimum Gasteiger partial charge on any atom is -0.810 e. The van der Waals surface area contributed by atoms with Crippen molar-refractivity contribution in [3.63, 3.8) is 0 Å². The molecule has 0 amide bonds. The molecule has 0 aliphatic rings. The molecule has 0 saturated carbocycles. The van der Waals surface area contributed by atoms with Crippen molar-refractivity contribution in [3.8, 4) is 0 Å². The third kappa shape index (κ3) is 17.4. The van der Waals surface area contributed by atoms with Crippen LogP contribution in [0.2, 0.25) is 0 Å². The van der Waals surface area contributed by atoms with E-state index < -0.39 is 27.0 Å². The summed E-state index contributed by atoms with van der Waals surface area (Å²) in [6, 6.07) is 7.64. The van der Waals surface area contributed by atoms with Crippen LogP contribution in [0.3, 0.4) is 0 Å². The smallest absolute Gasteiger partial charge is 0.810 e. The van der Waals surface area contributed by atoms with E-state index >= 15 is 0 Å². The van der Waals surface area contributed by atoms with E-state index in [9.17, 15) is 23.8 Å². The van der Waals surface area contributed by atoms with Crippen molar-refractivity contribution >= 4 is 21.3 Å². The Morgan fingerprint density at radius 1 is 1.03 bits per heavy atom. The van der Waals surface area contributed by atoms with Crippen LogP contribution in [-0.4, -0.2) is 10.3 Å². The molecule has 11 heteroatoms. The van der Waals surface area contributed by atoms with E-state index in [1.165, 1.54) is 11.1 Å². The van der Waals surface area contributed by atoms with Gasteiger partial charge in [-0.3, -0.25) is 0 Å². The minimum absolute atomic E-state index is 0. The molecule has 0 bridgehead atoms. The number of aryl methyl sites for hydroxylation is 1. The molecule has 0 saturated heterocycles. The van der Waals surface area contributed by atoms with Crippen LogP contribution in [0.1, 0.15) is 57.6 Å². The van der Waals surface area contributed by atoms with Gasteiger partial charge < -0.3 is 28.7 Å². The summed E-state index contributed by atoms with van der Waals surface area (Å²) in [5, 5.41) is -2.25. The van der Waals surface area contributed by atoms with Crippen LogP contribution in [0, 0.1) is 0 Å². The summed E-state index contributed by atoms with van der Waals surface area (Å²) in [5.41, 5.74) is 4.51. The van der Waals surface area contributed by atoms with Crippen molar-refractivity contribution in [2.45, 2.75) is 58.3 Å². The van der Waals surface area contributed by atoms with Crippen molar-refractivity contribution in [1.29, 1.82) is 0 Å². The first-order chi connectivity index (χ1) is 12.4. The third-order valence-electron chi connectivity index (χ3n) is 4.15. The Morgan fingerprint density at radius 3 is 2.00 bits per heavy atom. The summed E-state index contributed by atoms with van der Waals surface area (Å²) in [6.45, 7) is 6.22. The van der Waals surface area contributed by atoms with Crippen LogP contribution < -0.4 is 169 Å². The van der Waals surface area contributed by atoms with Gasteiger partial charge in [-0.2, -0.15) is 0 Å². The van der Waals surface area contributed by atoms with Crippen LogP contribution >= 0.6 is 15.2 Å². The maximum atomic E-state index is 11.1. The van der Waals surface area contributed by atoms with Crippen LogP contribution in [0.5, 0.6) is 0 Å². The summed E-state index contributed by atoms with van der Waals surface area (Å²) in [4.78, 5) is 42.0. The fourth-order valence-electron chi connectivity index (χ4n) is 2.71. The summed E-state index contributed by atoms with van der Waals surface area (Å²) in [5.74, 6) is 0. The number of rotatable bonds is 10. The van der Waals surface area contributed by atoms with Crippen molar-refractivity contribution in [1.82, 2.24) is 0 Å². The molecule has 0 aromatic heterocycles. The Labute approximate surface area is 308 Å². The van der Waals surface area contributed by atoms with E-state index in [0.717, 1.165) is 24.0 Å². The standard InChI is InChI=1S/C19H30O6P2.3K/c1-15(2)6-4-7-16(3)14-18-12-10-17(11-13-18)8-5-9-19(26(20,21)22)27(23,24)25;;;/h6,10-14,19H,4-5,7-9H2,1-3H3,(H2,20,21,22)(H2,23,24,25);;;/q;3*+1/p-3/b16-14+;;;. The van der Waals surface area contributed by atoms with E-state index in [1.54, 1.807) is 0 Å². The molecule has 1 N–H and O–H groups in total. The van der Waals surface area contributed by atoms with E-state index in [-0.39, 0.29) is 161 Å². The van der Waals surface area contributed by atoms with Gasteiger partial charge >= 0.3 is 154 Å². The van der Waals surface area contributed by atoms with Crippen molar-refractivity contribution in [2.75, 3.05) is 0 Å². The van der Waals surface area contributed by atoms with Gasteiger partial charge in [0.1, 0.15) is 7.60 Å². The molecular weight excluding hydrogens is 503 g/mol. The molecule has 6 nitrogen and oxygen atoms in total. The average molecular weight is 531 g/mol. The molecule has 0 fully saturated rings. The molecule has 0 aliphatic heterocycles. The second-order valence-electron chi connectivity index (χ2n) is 7.03. The molecule has 0 spiro atoms. The molecule has 2 unspecified atom stereocenters. The van der Waals surface area contributed by atoms with Crippen LogP contribution in [0.4, 0.5) is 0 Å². The first kappa shape index (κ1) is 38.4. The van der Waals surface area contributed by atoms with Crippen molar-refractivity contribution in [2.24, 2.45) is 0 Å². The molecule has 2 atom stereocenters. The topological polar surface area (TPSA) is 124 Å². The molecule has 0 heterocycles. The number of hydrogen-bond donors (Lipinski definition) is 1. The largest absolute Gasteiger partial charge is 1.00 e. The normalized spacial score (nSPS) is 14.3. The molecular formula is C19H27K3O6P2. The van der Waals surface area contributed by atoms with E-state index in [1.807, 2.05) is 24.3 Å². The third-order valence-corrected chi connectivity index (χ3v) is 7.88. The fraction of sp³-hybridized carbons (Fsp3) is 0.474. The Hall–Kier alpha value is 3.91. The van der Waals surface area contributed by atoms with Gasteiger partial charge in [-0.05, 0) is 64.0 Å². The first-order valence-electron chi connectivity index (χ1n) is 8.84. The summed E-state index contributed by atoms with van der Waals surface area (Å²) >= 11 is 0. The number of benzene rings is 1. The predicted octanol–water partition coefficient (Wildman–Crippen LogP) is -6.04. The minimum atomic E-state index is -5.40. The second-order valence-corrected chi connectivity index (χ2v) is 10.9. The Kier molecular flexibility index (Phi) is 24.4. The van der Waals surface area contributed by atoms with Gasteiger partial charge in [0.25, 0.3) is 0 Å². The molecule has 1 aromatic carbocycles.